The minimum atomic E-state index is 0.506. The maximum atomic E-state index is 6.64. The number of aromatic nitrogens is 2. The normalized spacial score (nSPS) is 12.7. The fourth-order valence-corrected chi connectivity index (χ4v) is 8.11. The fraction of sp³-hybridized carbons (Fsp3) is 0.0250. The molecule has 6 aromatic carbocycles. The van der Waals surface area contributed by atoms with Crippen molar-refractivity contribution in [2.24, 2.45) is 10.7 Å². The van der Waals surface area contributed by atoms with E-state index in [0.29, 0.717) is 12.4 Å². The number of hydrogen-bond acceptors (Lipinski definition) is 3. The van der Waals surface area contributed by atoms with Crippen molar-refractivity contribution in [3.8, 4) is 5.69 Å². The van der Waals surface area contributed by atoms with Gasteiger partial charge >= 0.3 is 0 Å². The third kappa shape index (κ3) is 4.01. The lowest BCUT2D eigenvalue weighted by Gasteiger charge is -2.10. The molecule has 0 atom stereocenters. The molecule has 0 spiro atoms. The molecule has 9 rings (SSSR count). The second-order valence-electron chi connectivity index (χ2n) is 11.4. The molecule has 0 aliphatic heterocycles. The Bertz CT molecular complexity index is 2590. The maximum absolute atomic E-state index is 6.64. The third-order valence-corrected chi connectivity index (χ3v) is 10.1. The van der Waals surface area contributed by atoms with E-state index in [1.165, 1.54) is 63.8 Å². The van der Waals surface area contributed by atoms with Crippen LogP contribution in [0.1, 0.15) is 5.56 Å². The largest absolute Gasteiger partial charge is 0.398 e. The van der Waals surface area contributed by atoms with Crippen molar-refractivity contribution in [2.75, 3.05) is 0 Å². The van der Waals surface area contributed by atoms with Crippen LogP contribution in [0.5, 0.6) is 0 Å². The van der Waals surface area contributed by atoms with Crippen molar-refractivity contribution in [1.82, 2.24) is 9.13 Å². The van der Waals surface area contributed by atoms with E-state index in [4.69, 9.17) is 10.7 Å². The molecule has 9 aromatic rings. The zero-order valence-corrected chi connectivity index (χ0v) is 25.2. The van der Waals surface area contributed by atoms with Gasteiger partial charge in [-0.3, -0.25) is 4.99 Å². The van der Waals surface area contributed by atoms with E-state index in [0.717, 1.165) is 11.3 Å². The lowest BCUT2D eigenvalue weighted by Crippen LogP contribution is -2.00. The predicted molar refractivity (Wildman–Crippen MR) is 194 cm³/mol. The minimum absolute atomic E-state index is 0.506. The summed E-state index contributed by atoms with van der Waals surface area (Å²) >= 11 is 1.87. The molecule has 214 valence electrons. The maximum Gasteiger partial charge on any atom is 0.114 e. The molecule has 0 aliphatic rings. The number of aliphatic imine (C=N–C) groups is 1. The molecule has 0 radical (unpaired) electrons. The number of nitrogens with two attached hydrogens (primary N) is 1. The van der Waals surface area contributed by atoms with Crippen molar-refractivity contribution < 1.29 is 0 Å². The average molecular weight is 597 g/mol. The van der Waals surface area contributed by atoms with Gasteiger partial charge in [-0.25, -0.2) is 0 Å². The summed E-state index contributed by atoms with van der Waals surface area (Å²) in [7, 11) is 0. The number of thiophene rings is 1. The molecule has 0 bridgehead atoms. The van der Waals surface area contributed by atoms with Crippen LogP contribution in [0.2, 0.25) is 0 Å². The average Bonchev–Trinajstić information content (AvgIpc) is 3.74. The highest BCUT2D eigenvalue weighted by Gasteiger charge is 2.16. The highest BCUT2D eigenvalue weighted by Crippen LogP contribution is 2.42. The van der Waals surface area contributed by atoms with Crippen molar-refractivity contribution in [3.05, 3.63) is 145 Å². The van der Waals surface area contributed by atoms with Crippen LogP contribution in [0, 0.1) is 0 Å². The Morgan fingerprint density at radius 3 is 2.07 bits per heavy atom. The van der Waals surface area contributed by atoms with Crippen molar-refractivity contribution in [1.29, 1.82) is 0 Å². The Labute approximate surface area is 263 Å². The Balaban J connectivity index is 1.07. The summed E-state index contributed by atoms with van der Waals surface area (Å²) in [4.78, 5) is 4.84. The first-order chi connectivity index (χ1) is 22.3. The Morgan fingerprint density at radius 2 is 1.29 bits per heavy atom. The number of fused-ring (bicyclic) bond motifs is 10. The fourth-order valence-electron chi connectivity index (χ4n) is 6.85. The second kappa shape index (κ2) is 10.2. The van der Waals surface area contributed by atoms with Gasteiger partial charge in [0.1, 0.15) is 6.67 Å². The molecule has 5 heteroatoms. The summed E-state index contributed by atoms with van der Waals surface area (Å²) in [5, 5.41) is 7.68. The van der Waals surface area contributed by atoms with Crippen molar-refractivity contribution in [2.45, 2.75) is 6.67 Å². The summed E-state index contributed by atoms with van der Waals surface area (Å²) < 4.78 is 7.26. The Hall–Kier alpha value is -5.65. The van der Waals surface area contributed by atoms with Crippen LogP contribution in [0.25, 0.3) is 75.2 Å². The van der Waals surface area contributed by atoms with E-state index >= 15 is 0 Å². The molecular weight excluding hydrogens is 569 g/mol. The van der Waals surface area contributed by atoms with Gasteiger partial charge in [0, 0.05) is 59.3 Å². The summed E-state index contributed by atoms with van der Waals surface area (Å²) in [6.07, 6.45) is 3.74. The molecule has 0 saturated carbocycles. The molecule has 45 heavy (non-hydrogen) atoms. The van der Waals surface area contributed by atoms with Gasteiger partial charge in [0.25, 0.3) is 0 Å². The van der Waals surface area contributed by atoms with Crippen LogP contribution in [0.15, 0.2) is 145 Å². The van der Waals surface area contributed by atoms with Crippen LogP contribution >= 0.6 is 11.3 Å². The first-order valence-corrected chi connectivity index (χ1v) is 15.9. The van der Waals surface area contributed by atoms with Crippen molar-refractivity contribution >= 4 is 87.0 Å². The SMILES string of the molecule is N/C(=C\C=NCn1c2ccccc2c2c3sc4ccccc4c3ccc21)c1cccc(-n2c3ccccc3c3ccccc32)c1. The first-order valence-electron chi connectivity index (χ1n) is 15.1. The minimum Gasteiger partial charge on any atom is -0.398 e. The summed E-state index contributed by atoms with van der Waals surface area (Å²) in [5.41, 5.74) is 14.1. The van der Waals surface area contributed by atoms with Crippen LogP contribution in [-0.4, -0.2) is 15.3 Å². The molecule has 0 aliphatic carbocycles. The lowest BCUT2D eigenvalue weighted by atomic mass is 10.1. The Kier molecular flexibility index (Phi) is 5.86. The number of allylic oxidation sites excluding steroid dienone is 1. The van der Waals surface area contributed by atoms with Crippen LogP contribution in [0.4, 0.5) is 0 Å². The molecule has 0 saturated heterocycles. The van der Waals surface area contributed by atoms with Gasteiger partial charge < -0.3 is 14.9 Å². The molecule has 3 heterocycles. The summed E-state index contributed by atoms with van der Waals surface area (Å²) in [6, 6.07) is 47.3. The zero-order chi connectivity index (χ0) is 29.9. The zero-order valence-electron chi connectivity index (χ0n) is 24.4. The second-order valence-corrected chi connectivity index (χ2v) is 12.4. The molecule has 0 fully saturated rings. The van der Waals surface area contributed by atoms with E-state index < -0.39 is 0 Å². The number of benzene rings is 6. The van der Waals surface area contributed by atoms with Gasteiger partial charge in [0.2, 0.25) is 0 Å². The van der Waals surface area contributed by atoms with E-state index in [2.05, 4.69) is 143 Å². The third-order valence-electron chi connectivity index (χ3n) is 8.88. The molecule has 4 nitrogen and oxygen atoms in total. The molecule has 2 N–H and O–H groups in total. The topological polar surface area (TPSA) is 48.2 Å². The van der Waals surface area contributed by atoms with Gasteiger partial charge in [0.15, 0.2) is 0 Å². The highest BCUT2D eigenvalue weighted by atomic mass is 32.1. The van der Waals surface area contributed by atoms with E-state index in [9.17, 15) is 0 Å². The smallest absolute Gasteiger partial charge is 0.114 e. The van der Waals surface area contributed by atoms with Crippen molar-refractivity contribution in [3.63, 3.8) is 0 Å². The monoisotopic (exact) mass is 596 g/mol. The Morgan fingerprint density at radius 1 is 0.622 bits per heavy atom. The van der Waals surface area contributed by atoms with Gasteiger partial charge in [-0.2, -0.15) is 0 Å². The van der Waals surface area contributed by atoms with E-state index in [1.807, 2.05) is 23.6 Å². The first kappa shape index (κ1) is 25.8. The number of para-hydroxylation sites is 3. The summed E-state index contributed by atoms with van der Waals surface area (Å²) in [5.74, 6) is 0. The van der Waals surface area contributed by atoms with E-state index in [-0.39, 0.29) is 0 Å². The number of hydrogen-bond donors (Lipinski definition) is 1. The molecule has 0 amide bonds. The van der Waals surface area contributed by atoms with Gasteiger partial charge in [0.05, 0.1) is 22.1 Å². The number of rotatable bonds is 5. The van der Waals surface area contributed by atoms with Crippen LogP contribution < -0.4 is 5.73 Å². The molecule has 3 aromatic heterocycles. The van der Waals surface area contributed by atoms with Gasteiger partial charge in [-0.15, -0.1) is 11.3 Å². The van der Waals surface area contributed by atoms with Crippen LogP contribution in [0.3, 0.4) is 0 Å². The molecular formula is C40H28N4S. The standard InChI is InChI=1S/C40H28N4S/c41-33(26-10-9-11-27(24-26)44-35-17-6-1-12-28(35)29-13-2-7-18-36(29)44)22-23-42-25-43-34-16-5-3-15-32(34)39-37(43)21-20-31-30-14-4-8-19-38(30)45-40(31)39/h1-24H,25,41H2/b33-22-,42-23?. The quantitative estimate of drug-likeness (QED) is 0.197. The van der Waals surface area contributed by atoms with Gasteiger partial charge in [-0.1, -0.05) is 91.0 Å². The number of nitrogens with zero attached hydrogens (tertiary/aromatic N) is 3. The lowest BCUT2D eigenvalue weighted by molar-refractivity contribution is 0.797. The predicted octanol–water partition coefficient (Wildman–Crippen LogP) is 10.3. The summed E-state index contributed by atoms with van der Waals surface area (Å²) in [6.45, 7) is 0.506. The van der Waals surface area contributed by atoms with E-state index in [1.54, 1.807) is 0 Å². The highest BCUT2D eigenvalue weighted by molar-refractivity contribution is 7.26. The van der Waals surface area contributed by atoms with Crippen LogP contribution in [-0.2, 0) is 6.67 Å². The molecule has 0 unspecified atom stereocenters. The van der Waals surface area contributed by atoms with Gasteiger partial charge in [-0.05, 0) is 54.1 Å².